The number of anilines is 9. The molecule has 0 fully saturated rings. The first kappa shape index (κ1) is 50.9. The van der Waals surface area contributed by atoms with Gasteiger partial charge in [0.15, 0.2) is 0 Å². The predicted molar refractivity (Wildman–Crippen MR) is 364 cm³/mol. The lowest BCUT2D eigenvalue weighted by molar-refractivity contribution is 0.480. The summed E-state index contributed by atoms with van der Waals surface area (Å²) in [5.41, 5.74) is 29.3. The van der Waals surface area contributed by atoms with Crippen molar-refractivity contribution in [1.82, 2.24) is 0 Å². The summed E-state index contributed by atoms with van der Waals surface area (Å²) in [6.45, 7) is 14.0. The van der Waals surface area contributed by atoms with E-state index in [1.165, 1.54) is 106 Å². The maximum atomic E-state index is 7.94. The van der Waals surface area contributed by atoms with E-state index in [4.69, 9.17) is 14.2 Å². The fourth-order valence-corrected chi connectivity index (χ4v) is 16.4. The molecule has 0 spiro atoms. The van der Waals surface area contributed by atoms with Crippen LogP contribution >= 0.6 is 0 Å². The SMILES string of the molecule is Cc1c2c(c(C)c3c1B1c4ccccc4N(c4ccccc4)c4c1c(cc1c4C(C)(C)c4cc(Oc5ccccc5)ccc4-1)N3c1ccccc1)Oc1cc3c(c4c1B2c1ccccc1N4c1ccccc1)C(C)(C)c1cc(Oc2ccccc2)ccc1-3. The van der Waals surface area contributed by atoms with Crippen molar-refractivity contribution in [3.05, 3.63) is 282 Å². The molecular formula is C80H59B2N3O3. The summed E-state index contributed by atoms with van der Waals surface area (Å²) in [4.78, 5) is 7.72. The normalized spacial score (nSPS) is 14.9. The maximum Gasteiger partial charge on any atom is 0.256 e. The van der Waals surface area contributed by atoms with E-state index < -0.39 is 10.8 Å². The second kappa shape index (κ2) is 18.5. The van der Waals surface area contributed by atoms with E-state index in [0.717, 1.165) is 68.5 Å². The molecule has 0 saturated heterocycles. The third-order valence-corrected chi connectivity index (χ3v) is 20.0. The van der Waals surface area contributed by atoms with Crippen LogP contribution in [0.5, 0.6) is 34.5 Å². The van der Waals surface area contributed by atoms with Crippen molar-refractivity contribution in [2.24, 2.45) is 0 Å². The molecule has 0 saturated carbocycles. The van der Waals surface area contributed by atoms with E-state index in [-0.39, 0.29) is 13.4 Å². The molecule has 0 aromatic heterocycles. The Morgan fingerprint density at radius 1 is 0.341 bits per heavy atom. The number of nitrogens with zero attached hydrogens (tertiary/aromatic N) is 3. The Morgan fingerprint density at radius 2 is 0.750 bits per heavy atom. The molecule has 0 atom stereocenters. The largest absolute Gasteiger partial charge is 0.458 e. The highest BCUT2D eigenvalue weighted by molar-refractivity contribution is 7.03. The fraction of sp³-hybridized carbons (Fsp3) is 0.100. The summed E-state index contributed by atoms with van der Waals surface area (Å²) in [6.07, 6.45) is 0. The van der Waals surface area contributed by atoms with Gasteiger partial charge < -0.3 is 28.9 Å². The molecule has 88 heavy (non-hydrogen) atoms. The minimum atomic E-state index is -0.442. The molecule has 4 heterocycles. The van der Waals surface area contributed by atoms with E-state index in [0.29, 0.717) is 0 Å². The standard InChI is InChI=1S/C80H59B2N3O3/c1-48-71-75(49(2)78-72(48)82-64-37-23-25-39-66(64)84(51-28-14-8-15-29-51)77-70-60(47-68(88-78)74(77)82)58-43-41-56(45-62(58)80(70,5)6)87-54-34-20-11-21-35-54)85(52-30-16-9-17-31-52)67-46-59-57-42-40-55(86-53-32-18-10-19-33-53)44-61(57)79(3,4)69(59)76-73(67)81(71)63-36-22-24-38-65(63)83(76)50-26-12-7-13-27-50/h7-47H,1-6H3. The van der Waals surface area contributed by atoms with Crippen molar-refractivity contribution >= 4 is 97.4 Å². The molecule has 418 valence electrons. The Morgan fingerprint density at radius 3 is 1.24 bits per heavy atom. The van der Waals surface area contributed by atoms with Gasteiger partial charge in [0.1, 0.15) is 34.5 Å². The minimum absolute atomic E-state index is 0.164. The summed E-state index contributed by atoms with van der Waals surface area (Å²) in [7, 11) is 0. The lowest BCUT2D eigenvalue weighted by Gasteiger charge is -2.48. The van der Waals surface area contributed by atoms with Gasteiger partial charge in [-0.05, 0) is 200 Å². The molecule has 0 unspecified atom stereocenters. The third-order valence-electron chi connectivity index (χ3n) is 20.0. The third kappa shape index (κ3) is 6.97. The zero-order valence-electron chi connectivity index (χ0n) is 49.9. The van der Waals surface area contributed by atoms with E-state index >= 15 is 0 Å². The van der Waals surface area contributed by atoms with Crippen LogP contribution in [-0.4, -0.2) is 13.4 Å². The van der Waals surface area contributed by atoms with Crippen LogP contribution in [0.3, 0.4) is 0 Å². The van der Waals surface area contributed by atoms with E-state index in [1.807, 2.05) is 60.7 Å². The Labute approximate surface area is 514 Å². The van der Waals surface area contributed by atoms with Crippen LogP contribution in [0.15, 0.2) is 249 Å². The molecule has 12 aromatic carbocycles. The molecule has 18 rings (SSSR count). The van der Waals surface area contributed by atoms with Gasteiger partial charge in [-0.15, -0.1) is 0 Å². The van der Waals surface area contributed by atoms with Gasteiger partial charge in [-0.3, -0.25) is 0 Å². The van der Waals surface area contributed by atoms with Crippen LogP contribution in [0.2, 0.25) is 0 Å². The molecule has 0 N–H and O–H groups in total. The maximum absolute atomic E-state index is 7.94. The molecule has 4 aliphatic heterocycles. The van der Waals surface area contributed by atoms with Gasteiger partial charge >= 0.3 is 0 Å². The van der Waals surface area contributed by atoms with Gasteiger partial charge in [-0.25, -0.2) is 0 Å². The van der Waals surface area contributed by atoms with Gasteiger partial charge in [0.25, 0.3) is 13.4 Å². The Bertz CT molecular complexity index is 4940. The molecule has 12 aromatic rings. The highest BCUT2D eigenvalue weighted by Gasteiger charge is 2.54. The summed E-state index contributed by atoms with van der Waals surface area (Å²) in [5, 5.41) is 0. The van der Waals surface area contributed by atoms with Crippen LogP contribution in [0.4, 0.5) is 51.2 Å². The van der Waals surface area contributed by atoms with Gasteiger partial charge in [0.2, 0.25) is 0 Å². The Balaban J connectivity index is 0.924. The average Bonchev–Trinajstić information content (AvgIpc) is 1.09. The first-order chi connectivity index (χ1) is 43.0. The zero-order valence-corrected chi connectivity index (χ0v) is 49.9. The summed E-state index contributed by atoms with van der Waals surface area (Å²) in [5.74, 6) is 5.07. The topological polar surface area (TPSA) is 37.4 Å². The molecular weight excluding hydrogens is 1070 g/mol. The first-order valence-electron chi connectivity index (χ1n) is 30.8. The van der Waals surface area contributed by atoms with Crippen molar-refractivity contribution in [2.75, 3.05) is 14.7 Å². The zero-order chi connectivity index (χ0) is 58.9. The number of para-hydroxylation sites is 7. The molecule has 8 heteroatoms. The quantitative estimate of drug-likeness (QED) is 0.148. The van der Waals surface area contributed by atoms with Crippen LogP contribution in [-0.2, 0) is 10.8 Å². The summed E-state index contributed by atoms with van der Waals surface area (Å²) < 4.78 is 21.2. The van der Waals surface area contributed by atoms with Crippen LogP contribution < -0.4 is 61.7 Å². The van der Waals surface area contributed by atoms with E-state index in [9.17, 15) is 0 Å². The molecule has 0 amide bonds. The molecule has 6 nitrogen and oxygen atoms in total. The van der Waals surface area contributed by atoms with Gasteiger partial charge in [-0.1, -0.05) is 173 Å². The summed E-state index contributed by atoms with van der Waals surface area (Å²) in [6, 6.07) is 90.0. The fourth-order valence-electron chi connectivity index (χ4n) is 16.4. The van der Waals surface area contributed by atoms with Crippen molar-refractivity contribution in [3.63, 3.8) is 0 Å². The van der Waals surface area contributed by atoms with Crippen LogP contribution in [0.1, 0.15) is 61.1 Å². The second-order valence-electron chi connectivity index (χ2n) is 25.5. The highest BCUT2D eigenvalue weighted by atomic mass is 16.5. The van der Waals surface area contributed by atoms with Crippen molar-refractivity contribution in [2.45, 2.75) is 52.4 Å². The molecule has 6 aliphatic rings. The number of hydrogen-bond acceptors (Lipinski definition) is 6. The molecule has 0 bridgehead atoms. The smallest absolute Gasteiger partial charge is 0.256 e. The van der Waals surface area contributed by atoms with Gasteiger partial charge in [0.05, 0.1) is 0 Å². The van der Waals surface area contributed by atoms with Crippen LogP contribution in [0.25, 0.3) is 22.3 Å². The van der Waals surface area contributed by atoms with Gasteiger partial charge in [-0.2, -0.15) is 0 Å². The number of benzene rings is 12. The van der Waals surface area contributed by atoms with Crippen molar-refractivity contribution in [1.29, 1.82) is 0 Å². The van der Waals surface area contributed by atoms with E-state index in [2.05, 4.69) is 244 Å². The Kier molecular flexibility index (Phi) is 10.7. The highest BCUT2D eigenvalue weighted by Crippen LogP contribution is 2.61. The molecule has 0 radical (unpaired) electrons. The minimum Gasteiger partial charge on any atom is -0.458 e. The van der Waals surface area contributed by atoms with Crippen LogP contribution in [0, 0.1) is 13.8 Å². The number of fused-ring (bicyclic) bond motifs is 16. The van der Waals surface area contributed by atoms with Crippen molar-refractivity contribution < 1.29 is 14.2 Å². The lowest BCUT2D eigenvalue weighted by Crippen LogP contribution is -2.66. The Hall–Kier alpha value is -10.4. The second-order valence-corrected chi connectivity index (χ2v) is 25.5. The predicted octanol–water partition coefficient (Wildman–Crippen LogP) is 17.0. The van der Waals surface area contributed by atoms with Gasteiger partial charge in [0, 0.05) is 67.6 Å². The lowest BCUT2D eigenvalue weighted by atomic mass is 9.29. The monoisotopic (exact) mass is 1130 g/mol. The number of rotatable bonds is 7. The summed E-state index contributed by atoms with van der Waals surface area (Å²) >= 11 is 0. The first-order valence-corrected chi connectivity index (χ1v) is 30.8. The average molecular weight is 1130 g/mol. The molecule has 2 aliphatic carbocycles. The number of hydrogen-bond donors (Lipinski definition) is 0. The number of ether oxygens (including phenoxy) is 3. The van der Waals surface area contributed by atoms with E-state index in [1.54, 1.807) is 0 Å². The van der Waals surface area contributed by atoms with Crippen molar-refractivity contribution in [3.8, 4) is 56.8 Å².